The van der Waals surface area contributed by atoms with Crippen molar-refractivity contribution in [2.24, 2.45) is 0 Å². The van der Waals surface area contributed by atoms with Gasteiger partial charge in [0.05, 0.1) is 11.3 Å². The molecule has 5 nitrogen and oxygen atoms in total. The number of nitriles is 1. The zero-order chi connectivity index (χ0) is 18.1. The number of furan rings is 1. The first-order chi connectivity index (χ1) is 11.9. The van der Waals surface area contributed by atoms with Crippen molar-refractivity contribution < 1.29 is 13.6 Å². The Bertz CT molecular complexity index is 858. The summed E-state index contributed by atoms with van der Waals surface area (Å²) in [6, 6.07) is 6.56. The van der Waals surface area contributed by atoms with E-state index in [2.05, 4.69) is 0 Å². The first-order valence-corrected chi connectivity index (χ1v) is 8.23. The molecule has 1 saturated heterocycles. The first kappa shape index (κ1) is 17.0. The quantitative estimate of drug-likeness (QED) is 0.842. The van der Waals surface area contributed by atoms with Crippen molar-refractivity contribution in [3.63, 3.8) is 0 Å². The lowest BCUT2D eigenvalue weighted by atomic mass is 10.1. The van der Waals surface area contributed by atoms with Crippen LogP contribution in [-0.2, 0) is 0 Å². The van der Waals surface area contributed by atoms with Crippen LogP contribution in [0, 0.1) is 37.9 Å². The lowest BCUT2D eigenvalue weighted by Crippen LogP contribution is -2.49. The van der Waals surface area contributed by atoms with Gasteiger partial charge in [0, 0.05) is 31.7 Å². The lowest BCUT2D eigenvalue weighted by molar-refractivity contribution is 0.0744. The van der Waals surface area contributed by atoms with Crippen molar-refractivity contribution in [3.8, 4) is 6.07 Å². The molecule has 1 aromatic carbocycles. The highest BCUT2D eigenvalue weighted by Crippen LogP contribution is 2.26. The Kier molecular flexibility index (Phi) is 4.49. The Morgan fingerprint density at radius 2 is 1.84 bits per heavy atom. The van der Waals surface area contributed by atoms with Crippen LogP contribution in [0.1, 0.15) is 33.0 Å². The normalized spacial score (nSPS) is 14.5. The fourth-order valence-corrected chi connectivity index (χ4v) is 3.30. The summed E-state index contributed by atoms with van der Waals surface area (Å²) in [7, 11) is 0. The minimum absolute atomic E-state index is 0.0359. The second-order valence-corrected chi connectivity index (χ2v) is 6.24. The number of aryl methyl sites for hydroxylation is 2. The molecule has 1 aliphatic heterocycles. The highest BCUT2D eigenvalue weighted by Gasteiger charge is 2.28. The van der Waals surface area contributed by atoms with Gasteiger partial charge in [-0.15, -0.1) is 0 Å². The highest BCUT2D eigenvalue weighted by molar-refractivity contribution is 5.97. The summed E-state index contributed by atoms with van der Waals surface area (Å²) < 4.78 is 19.4. The van der Waals surface area contributed by atoms with E-state index in [1.807, 2.05) is 24.8 Å². The van der Waals surface area contributed by atoms with E-state index in [9.17, 15) is 14.4 Å². The summed E-state index contributed by atoms with van der Waals surface area (Å²) in [4.78, 5) is 16.5. The molecule has 1 aliphatic rings. The molecule has 0 spiro atoms. The first-order valence-electron chi connectivity index (χ1n) is 8.23. The van der Waals surface area contributed by atoms with E-state index in [1.165, 1.54) is 6.07 Å². The molecule has 0 aliphatic carbocycles. The molecule has 0 N–H and O–H groups in total. The van der Waals surface area contributed by atoms with Crippen LogP contribution in [0.4, 0.5) is 10.1 Å². The fraction of sp³-hybridized carbons (Fsp3) is 0.368. The second kappa shape index (κ2) is 6.60. The van der Waals surface area contributed by atoms with Gasteiger partial charge in [0.25, 0.3) is 5.91 Å². The fourth-order valence-electron chi connectivity index (χ4n) is 3.30. The highest BCUT2D eigenvalue weighted by atomic mass is 19.1. The van der Waals surface area contributed by atoms with Crippen molar-refractivity contribution in [1.82, 2.24) is 4.90 Å². The summed E-state index contributed by atoms with van der Waals surface area (Å²) in [5, 5.41) is 9.19. The number of nitrogens with zero attached hydrogens (tertiary/aromatic N) is 3. The van der Waals surface area contributed by atoms with E-state index >= 15 is 0 Å². The maximum absolute atomic E-state index is 13.8. The van der Waals surface area contributed by atoms with Crippen LogP contribution in [0.25, 0.3) is 0 Å². The average Bonchev–Trinajstić information content (AvgIpc) is 2.86. The maximum atomic E-state index is 13.8. The molecule has 1 amide bonds. The number of amides is 1. The minimum Gasteiger partial charge on any atom is -0.466 e. The molecule has 1 fully saturated rings. The van der Waals surface area contributed by atoms with Crippen LogP contribution in [0.2, 0.25) is 0 Å². The smallest absolute Gasteiger partial charge is 0.257 e. The summed E-state index contributed by atoms with van der Waals surface area (Å²) in [5.41, 5.74) is 2.15. The van der Waals surface area contributed by atoms with Crippen LogP contribution in [0.5, 0.6) is 0 Å². The monoisotopic (exact) mass is 341 g/mol. The predicted molar refractivity (Wildman–Crippen MR) is 92.2 cm³/mol. The summed E-state index contributed by atoms with van der Waals surface area (Å²) in [5.74, 6) is 0.849. The molecule has 1 aromatic heterocycles. The van der Waals surface area contributed by atoms with Gasteiger partial charge in [-0.1, -0.05) is 6.07 Å². The molecule has 0 bridgehead atoms. The number of hydrogen-bond donors (Lipinski definition) is 0. The standard InChI is InChI=1S/C19H20FN3O2/c1-12-13(2)25-14(3)18(12)19(24)23-9-7-22(8-10-23)17-6-4-5-16(20)15(17)11-21/h4-6H,7-10H2,1-3H3. The zero-order valence-electron chi connectivity index (χ0n) is 14.6. The van der Waals surface area contributed by atoms with Crippen LogP contribution in [0.15, 0.2) is 22.6 Å². The molecule has 0 atom stereocenters. The second-order valence-electron chi connectivity index (χ2n) is 6.24. The Morgan fingerprint density at radius 3 is 2.40 bits per heavy atom. The van der Waals surface area contributed by atoms with Crippen molar-refractivity contribution >= 4 is 11.6 Å². The summed E-state index contributed by atoms with van der Waals surface area (Å²) in [6.07, 6.45) is 0. The summed E-state index contributed by atoms with van der Waals surface area (Å²) in [6.45, 7) is 7.69. The van der Waals surface area contributed by atoms with Gasteiger partial charge in [-0.25, -0.2) is 4.39 Å². The SMILES string of the molecule is Cc1oc(C)c(C(=O)N2CCN(c3cccc(F)c3C#N)CC2)c1C. The van der Waals surface area contributed by atoms with Gasteiger partial charge in [0.2, 0.25) is 0 Å². The van der Waals surface area contributed by atoms with Gasteiger partial charge in [-0.3, -0.25) is 4.79 Å². The Morgan fingerprint density at radius 1 is 1.16 bits per heavy atom. The number of rotatable bonds is 2. The molecule has 2 heterocycles. The Hall–Kier alpha value is -2.81. The van der Waals surface area contributed by atoms with Gasteiger partial charge in [0.15, 0.2) is 0 Å². The van der Waals surface area contributed by atoms with Gasteiger partial charge in [0.1, 0.15) is 29.0 Å². The molecule has 6 heteroatoms. The molecular formula is C19H20FN3O2. The number of carbonyl (C=O) groups excluding carboxylic acids is 1. The van der Waals surface area contributed by atoms with Crippen LogP contribution in [-0.4, -0.2) is 37.0 Å². The number of anilines is 1. The molecule has 130 valence electrons. The largest absolute Gasteiger partial charge is 0.466 e. The summed E-state index contributed by atoms with van der Waals surface area (Å²) >= 11 is 0. The average molecular weight is 341 g/mol. The van der Waals surface area contributed by atoms with Crippen molar-refractivity contribution in [2.45, 2.75) is 20.8 Å². The molecule has 2 aromatic rings. The molecule has 25 heavy (non-hydrogen) atoms. The van der Waals surface area contributed by atoms with E-state index in [0.29, 0.717) is 43.2 Å². The van der Waals surface area contributed by atoms with Gasteiger partial charge in [-0.2, -0.15) is 5.26 Å². The van der Waals surface area contributed by atoms with Crippen LogP contribution < -0.4 is 4.90 Å². The molecule has 0 unspecified atom stereocenters. The molecule has 3 rings (SSSR count). The third-order valence-corrected chi connectivity index (χ3v) is 4.79. The Balaban J connectivity index is 1.76. The third kappa shape index (κ3) is 2.98. The van der Waals surface area contributed by atoms with E-state index in [0.717, 1.165) is 11.3 Å². The number of benzene rings is 1. The van der Waals surface area contributed by atoms with Gasteiger partial charge in [-0.05, 0) is 32.9 Å². The topological polar surface area (TPSA) is 60.5 Å². The molecular weight excluding hydrogens is 321 g/mol. The van der Waals surface area contributed by atoms with Crippen LogP contribution >= 0.6 is 0 Å². The van der Waals surface area contributed by atoms with E-state index in [4.69, 9.17) is 4.42 Å². The number of halogens is 1. The van der Waals surface area contributed by atoms with E-state index in [-0.39, 0.29) is 11.5 Å². The number of hydrogen-bond acceptors (Lipinski definition) is 4. The van der Waals surface area contributed by atoms with Crippen molar-refractivity contribution in [3.05, 3.63) is 52.2 Å². The zero-order valence-corrected chi connectivity index (χ0v) is 14.6. The van der Waals surface area contributed by atoms with Gasteiger partial charge < -0.3 is 14.2 Å². The molecule has 0 saturated carbocycles. The lowest BCUT2D eigenvalue weighted by Gasteiger charge is -2.36. The van der Waals surface area contributed by atoms with Crippen molar-refractivity contribution in [2.75, 3.05) is 31.1 Å². The van der Waals surface area contributed by atoms with Gasteiger partial charge >= 0.3 is 0 Å². The van der Waals surface area contributed by atoms with E-state index < -0.39 is 5.82 Å². The van der Waals surface area contributed by atoms with Crippen molar-refractivity contribution in [1.29, 1.82) is 5.26 Å². The number of carbonyl (C=O) groups is 1. The maximum Gasteiger partial charge on any atom is 0.257 e. The molecule has 0 radical (unpaired) electrons. The van der Waals surface area contributed by atoms with E-state index in [1.54, 1.807) is 24.0 Å². The third-order valence-electron chi connectivity index (χ3n) is 4.79. The minimum atomic E-state index is -0.515. The number of piperazine rings is 1. The predicted octanol–water partition coefficient (Wildman–Crippen LogP) is 3.18. The Labute approximate surface area is 146 Å². The van der Waals surface area contributed by atoms with Crippen LogP contribution in [0.3, 0.4) is 0 Å².